The van der Waals surface area contributed by atoms with Crippen molar-refractivity contribution in [3.05, 3.63) is 36.3 Å². The molecule has 138 valence electrons. The summed E-state index contributed by atoms with van der Waals surface area (Å²) in [7, 11) is 1.83. The number of pyridine rings is 1. The Morgan fingerprint density at radius 1 is 1.15 bits per heavy atom. The summed E-state index contributed by atoms with van der Waals surface area (Å²) < 4.78 is 0. The number of hydrogen-bond acceptors (Lipinski definition) is 6. The van der Waals surface area contributed by atoms with Gasteiger partial charge in [0.25, 0.3) is 0 Å². The van der Waals surface area contributed by atoms with E-state index in [4.69, 9.17) is 0 Å². The molecule has 26 heavy (non-hydrogen) atoms. The fraction of sp³-hybridized carbons (Fsp3) is 0.474. The maximum absolute atomic E-state index is 11.4. The van der Waals surface area contributed by atoms with Crippen LogP contribution in [0.4, 0.5) is 17.5 Å². The maximum atomic E-state index is 11.4. The number of nitrogens with zero attached hydrogens (tertiary/aromatic N) is 4. The third-order valence-electron chi connectivity index (χ3n) is 4.90. The molecule has 0 atom stereocenters. The number of carbonyl (C=O) groups excluding carboxylic acids is 1. The number of aromatic nitrogens is 3. The first-order valence-corrected chi connectivity index (χ1v) is 9.11. The van der Waals surface area contributed by atoms with Crippen LogP contribution >= 0.6 is 0 Å². The number of piperidine rings is 1. The average molecular weight is 354 g/mol. The highest BCUT2D eigenvalue weighted by molar-refractivity contribution is 5.73. The Morgan fingerprint density at radius 3 is 2.62 bits per heavy atom. The van der Waals surface area contributed by atoms with Crippen molar-refractivity contribution in [2.75, 3.05) is 30.8 Å². The van der Waals surface area contributed by atoms with Gasteiger partial charge in [-0.15, -0.1) is 0 Å². The second-order valence-corrected chi connectivity index (χ2v) is 6.70. The van der Waals surface area contributed by atoms with Gasteiger partial charge < -0.3 is 15.5 Å². The Balaban J connectivity index is 1.53. The summed E-state index contributed by atoms with van der Waals surface area (Å²) in [5.74, 6) is 3.14. The van der Waals surface area contributed by atoms with Gasteiger partial charge in [-0.1, -0.05) is 0 Å². The van der Waals surface area contributed by atoms with Gasteiger partial charge in [-0.25, -0.2) is 15.0 Å². The van der Waals surface area contributed by atoms with Crippen molar-refractivity contribution in [1.29, 1.82) is 0 Å². The van der Waals surface area contributed by atoms with Crippen LogP contribution in [0.5, 0.6) is 0 Å². The zero-order valence-electron chi connectivity index (χ0n) is 15.4. The van der Waals surface area contributed by atoms with E-state index in [1.54, 1.807) is 6.92 Å². The first-order chi connectivity index (χ1) is 12.6. The molecule has 1 aliphatic rings. The molecule has 0 unspecified atom stereocenters. The van der Waals surface area contributed by atoms with Gasteiger partial charge in [-0.2, -0.15) is 0 Å². The first kappa shape index (κ1) is 18.1. The predicted octanol–water partition coefficient (Wildman–Crippen LogP) is 2.85. The lowest BCUT2D eigenvalue weighted by molar-refractivity contribution is -0.130. The second-order valence-electron chi connectivity index (χ2n) is 6.70. The van der Waals surface area contributed by atoms with Crippen LogP contribution in [0.15, 0.2) is 30.7 Å². The largest absolute Gasteiger partial charge is 0.373 e. The van der Waals surface area contributed by atoms with Gasteiger partial charge in [0.1, 0.15) is 23.8 Å². The SMILES string of the molecule is CNc1cc(Nc2cc(CCC3CCN(C(C)=O)CC3)ccn2)ncn1. The van der Waals surface area contributed by atoms with Crippen molar-refractivity contribution in [2.24, 2.45) is 5.92 Å². The van der Waals surface area contributed by atoms with Crippen molar-refractivity contribution in [3.8, 4) is 0 Å². The molecule has 7 heteroatoms. The highest BCUT2D eigenvalue weighted by Crippen LogP contribution is 2.23. The van der Waals surface area contributed by atoms with Crippen LogP contribution < -0.4 is 10.6 Å². The Labute approximate surface area is 154 Å². The van der Waals surface area contributed by atoms with E-state index in [2.05, 4.69) is 37.7 Å². The molecule has 1 aliphatic heterocycles. The minimum atomic E-state index is 0.194. The minimum Gasteiger partial charge on any atom is -0.373 e. The van der Waals surface area contributed by atoms with Crippen LogP contribution in [0.3, 0.4) is 0 Å². The van der Waals surface area contributed by atoms with Crippen LogP contribution in [-0.2, 0) is 11.2 Å². The summed E-state index contributed by atoms with van der Waals surface area (Å²) in [6, 6.07) is 5.98. The minimum absolute atomic E-state index is 0.194. The zero-order chi connectivity index (χ0) is 18.4. The third-order valence-corrected chi connectivity index (χ3v) is 4.90. The molecule has 0 aliphatic carbocycles. The van der Waals surface area contributed by atoms with Crippen LogP contribution in [0, 0.1) is 5.92 Å². The lowest BCUT2D eigenvalue weighted by atomic mass is 9.90. The number of likely N-dealkylation sites (tertiary alicyclic amines) is 1. The third kappa shape index (κ3) is 4.91. The molecule has 0 radical (unpaired) electrons. The van der Waals surface area contributed by atoms with Crippen molar-refractivity contribution >= 4 is 23.4 Å². The van der Waals surface area contributed by atoms with Gasteiger partial charge in [0.2, 0.25) is 5.91 Å². The number of aryl methyl sites for hydroxylation is 1. The number of nitrogens with one attached hydrogen (secondary N) is 2. The van der Waals surface area contributed by atoms with E-state index in [1.807, 2.05) is 24.2 Å². The van der Waals surface area contributed by atoms with E-state index in [0.29, 0.717) is 11.7 Å². The fourth-order valence-corrected chi connectivity index (χ4v) is 3.30. The molecule has 3 heterocycles. The molecule has 0 spiro atoms. The van der Waals surface area contributed by atoms with E-state index in [1.165, 1.54) is 11.9 Å². The van der Waals surface area contributed by atoms with Gasteiger partial charge in [-0.3, -0.25) is 4.79 Å². The lowest BCUT2D eigenvalue weighted by Gasteiger charge is -2.31. The predicted molar refractivity (Wildman–Crippen MR) is 102 cm³/mol. The molecule has 1 amide bonds. The van der Waals surface area contributed by atoms with Gasteiger partial charge >= 0.3 is 0 Å². The number of anilines is 3. The molecule has 7 nitrogen and oxygen atoms in total. The highest BCUT2D eigenvalue weighted by Gasteiger charge is 2.20. The Bertz CT molecular complexity index is 742. The molecule has 2 N–H and O–H groups in total. The lowest BCUT2D eigenvalue weighted by Crippen LogP contribution is -2.37. The molecular weight excluding hydrogens is 328 g/mol. The van der Waals surface area contributed by atoms with E-state index in [9.17, 15) is 4.79 Å². The highest BCUT2D eigenvalue weighted by atomic mass is 16.2. The molecule has 3 rings (SSSR count). The summed E-state index contributed by atoms with van der Waals surface area (Å²) >= 11 is 0. The standard InChI is InChI=1S/C19H26N6O/c1-14(26)25-9-6-15(7-10-25)3-4-16-5-8-21-18(11-16)24-19-12-17(20-2)22-13-23-19/h5,8,11-13,15H,3-4,6-7,9-10H2,1-2H3,(H2,20,21,22,23,24). The van der Waals surface area contributed by atoms with Gasteiger partial charge in [-0.05, 0) is 49.3 Å². The topological polar surface area (TPSA) is 83.0 Å². The number of rotatable bonds is 6. The molecule has 2 aromatic rings. The summed E-state index contributed by atoms with van der Waals surface area (Å²) in [6.07, 6.45) is 7.72. The molecule has 2 aromatic heterocycles. The van der Waals surface area contributed by atoms with Crippen molar-refractivity contribution in [3.63, 3.8) is 0 Å². The van der Waals surface area contributed by atoms with E-state index in [-0.39, 0.29) is 5.91 Å². The van der Waals surface area contributed by atoms with Crippen molar-refractivity contribution in [2.45, 2.75) is 32.6 Å². The van der Waals surface area contributed by atoms with Crippen LogP contribution in [0.1, 0.15) is 31.7 Å². The van der Waals surface area contributed by atoms with Gasteiger partial charge in [0, 0.05) is 39.3 Å². The zero-order valence-corrected chi connectivity index (χ0v) is 15.4. The molecule has 1 fully saturated rings. The monoisotopic (exact) mass is 354 g/mol. The molecule has 0 saturated carbocycles. The smallest absolute Gasteiger partial charge is 0.219 e. The first-order valence-electron chi connectivity index (χ1n) is 9.11. The molecule has 0 aromatic carbocycles. The summed E-state index contributed by atoms with van der Waals surface area (Å²) in [6.45, 7) is 3.44. The van der Waals surface area contributed by atoms with E-state index < -0.39 is 0 Å². The summed E-state index contributed by atoms with van der Waals surface area (Å²) in [5.41, 5.74) is 1.26. The van der Waals surface area contributed by atoms with Crippen molar-refractivity contribution in [1.82, 2.24) is 19.9 Å². The van der Waals surface area contributed by atoms with Crippen molar-refractivity contribution < 1.29 is 4.79 Å². The Hall–Kier alpha value is -2.70. The van der Waals surface area contributed by atoms with Crippen LogP contribution in [0.2, 0.25) is 0 Å². The number of hydrogen-bond donors (Lipinski definition) is 2. The quantitative estimate of drug-likeness (QED) is 0.830. The Kier molecular flexibility index (Phi) is 5.99. The normalized spacial score (nSPS) is 14.9. The average Bonchev–Trinajstić information content (AvgIpc) is 2.67. The van der Waals surface area contributed by atoms with E-state index >= 15 is 0 Å². The van der Waals surface area contributed by atoms with Crippen LogP contribution in [0.25, 0.3) is 0 Å². The number of amides is 1. The Morgan fingerprint density at radius 2 is 1.88 bits per heavy atom. The van der Waals surface area contributed by atoms with E-state index in [0.717, 1.165) is 50.4 Å². The summed E-state index contributed by atoms with van der Waals surface area (Å²) in [4.78, 5) is 26.1. The maximum Gasteiger partial charge on any atom is 0.219 e. The molecular formula is C19H26N6O. The molecule has 0 bridgehead atoms. The van der Waals surface area contributed by atoms with Gasteiger partial charge in [0.15, 0.2) is 0 Å². The summed E-state index contributed by atoms with van der Waals surface area (Å²) in [5, 5.41) is 6.22. The molecule has 1 saturated heterocycles. The second kappa shape index (κ2) is 8.60. The van der Waals surface area contributed by atoms with Crippen LogP contribution in [-0.4, -0.2) is 45.9 Å². The van der Waals surface area contributed by atoms with Gasteiger partial charge in [0.05, 0.1) is 0 Å². The fourth-order valence-electron chi connectivity index (χ4n) is 3.30. The number of carbonyl (C=O) groups is 1.